The zero-order valence-electron chi connectivity index (χ0n) is 12.1. The van der Waals surface area contributed by atoms with Gasteiger partial charge < -0.3 is 9.84 Å². The molecule has 0 bridgehead atoms. The van der Waals surface area contributed by atoms with Gasteiger partial charge in [0, 0.05) is 12.6 Å². The van der Waals surface area contributed by atoms with Crippen LogP contribution in [0.5, 0.6) is 5.75 Å². The standard InChI is InChI=1S/C16H25NO2/c1-13-9-14(2)11-16(10-13)19-8-7-17-6-4-3-5-15(17)12-18/h9-11,15,18H,3-8,12H2,1-2H3. The minimum atomic E-state index is 0.267. The Morgan fingerprint density at radius 1 is 1.21 bits per heavy atom. The highest BCUT2D eigenvalue weighted by Crippen LogP contribution is 2.18. The summed E-state index contributed by atoms with van der Waals surface area (Å²) in [6.07, 6.45) is 3.58. The Labute approximate surface area is 116 Å². The van der Waals surface area contributed by atoms with E-state index in [-0.39, 0.29) is 6.61 Å². The fourth-order valence-corrected chi connectivity index (χ4v) is 2.86. The summed E-state index contributed by atoms with van der Waals surface area (Å²) in [4.78, 5) is 2.35. The third-order valence-electron chi connectivity index (χ3n) is 3.80. The van der Waals surface area contributed by atoms with Crippen molar-refractivity contribution in [1.82, 2.24) is 4.90 Å². The number of aliphatic hydroxyl groups excluding tert-OH is 1. The number of hydrogen-bond donors (Lipinski definition) is 1. The van der Waals surface area contributed by atoms with Gasteiger partial charge in [-0.15, -0.1) is 0 Å². The second-order valence-corrected chi connectivity index (χ2v) is 5.54. The molecule has 1 N–H and O–H groups in total. The third-order valence-corrected chi connectivity index (χ3v) is 3.80. The lowest BCUT2D eigenvalue weighted by Crippen LogP contribution is -2.43. The molecule has 3 heteroatoms. The van der Waals surface area contributed by atoms with Crippen molar-refractivity contribution < 1.29 is 9.84 Å². The van der Waals surface area contributed by atoms with Crippen molar-refractivity contribution >= 4 is 0 Å². The second kappa shape index (κ2) is 6.92. The van der Waals surface area contributed by atoms with Gasteiger partial charge in [-0.1, -0.05) is 12.5 Å². The van der Waals surface area contributed by atoms with Crippen LogP contribution in [0.3, 0.4) is 0 Å². The average Bonchev–Trinajstić information content (AvgIpc) is 2.38. The molecule has 1 unspecified atom stereocenters. The SMILES string of the molecule is Cc1cc(C)cc(OCCN2CCCCC2CO)c1. The summed E-state index contributed by atoms with van der Waals surface area (Å²) < 4.78 is 5.84. The molecule has 0 aliphatic carbocycles. The summed E-state index contributed by atoms with van der Waals surface area (Å²) in [6.45, 7) is 7.13. The molecule has 1 aliphatic rings. The number of aliphatic hydroxyl groups is 1. The van der Waals surface area contributed by atoms with Gasteiger partial charge in [0.05, 0.1) is 6.61 Å². The zero-order valence-corrected chi connectivity index (χ0v) is 12.1. The third kappa shape index (κ3) is 4.22. The van der Waals surface area contributed by atoms with Crippen LogP contribution in [-0.2, 0) is 0 Å². The van der Waals surface area contributed by atoms with Crippen molar-refractivity contribution in [2.24, 2.45) is 0 Å². The van der Waals surface area contributed by atoms with Crippen molar-refractivity contribution in [2.45, 2.75) is 39.2 Å². The van der Waals surface area contributed by atoms with Gasteiger partial charge >= 0.3 is 0 Å². The lowest BCUT2D eigenvalue weighted by molar-refractivity contribution is 0.0773. The maximum Gasteiger partial charge on any atom is 0.119 e. The molecule has 2 rings (SSSR count). The normalized spacial score (nSPS) is 20.5. The zero-order chi connectivity index (χ0) is 13.7. The van der Waals surface area contributed by atoms with E-state index >= 15 is 0 Å². The molecular formula is C16H25NO2. The topological polar surface area (TPSA) is 32.7 Å². The van der Waals surface area contributed by atoms with Crippen LogP contribution in [-0.4, -0.2) is 42.4 Å². The van der Waals surface area contributed by atoms with Gasteiger partial charge in [-0.2, -0.15) is 0 Å². The van der Waals surface area contributed by atoms with Crippen molar-refractivity contribution in [3.63, 3.8) is 0 Å². The monoisotopic (exact) mass is 263 g/mol. The van der Waals surface area contributed by atoms with E-state index in [1.807, 2.05) is 0 Å². The molecule has 1 heterocycles. The number of ether oxygens (including phenoxy) is 1. The summed E-state index contributed by atoms with van der Waals surface area (Å²) in [5.74, 6) is 0.954. The molecule has 106 valence electrons. The minimum absolute atomic E-state index is 0.267. The molecule has 1 saturated heterocycles. The second-order valence-electron chi connectivity index (χ2n) is 5.54. The van der Waals surface area contributed by atoms with Crippen LogP contribution in [0.4, 0.5) is 0 Å². The first-order valence-electron chi connectivity index (χ1n) is 7.25. The van der Waals surface area contributed by atoms with Crippen LogP contribution in [0.15, 0.2) is 18.2 Å². The van der Waals surface area contributed by atoms with Gasteiger partial charge in [-0.05, 0) is 56.5 Å². The number of rotatable bonds is 5. The van der Waals surface area contributed by atoms with E-state index in [0.717, 1.165) is 25.3 Å². The van der Waals surface area contributed by atoms with Gasteiger partial charge in [0.25, 0.3) is 0 Å². The highest BCUT2D eigenvalue weighted by molar-refractivity contribution is 5.32. The van der Waals surface area contributed by atoms with Crippen molar-refractivity contribution in [3.05, 3.63) is 29.3 Å². The smallest absolute Gasteiger partial charge is 0.119 e. The van der Waals surface area contributed by atoms with Crippen molar-refractivity contribution in [2.75, 3.05) is 26.3 Å². The van der Waals surface area contributed by atoms with Gasteiger partial charge in [0.1, 0.15) is 12.4 Å². The quantitative estimate of drug-likeness (QED) is 0.886. The summed E-state index contributed by atoms with van der Waals surface area (Å²) >= 11 is 0. The first-order valence-corrected chi connectivity index (χ1v) is 7.25. The molecule has 0 saturated carbocycles. The van der Waals surface area contributed by atoms with E-state index in [4.69, 9.17) is 4.74 Å². The van der Waals surface area contributed by atoms with Gasteiger partial charge in [-0.25, -0.2) is 0 Å². The predicted octanol–water partition coefficient (Wildman–Crippen LogP) is 2.53. The lowest BCUT2D eigenvalue weighted by atomic mass is 10.0. The Morgan fingerprint density at radius 2 is 1.95 bits per heavy atom. The number of nitrogens with zero attached hydrogens (tertiary/aromatic N) is 1. The van der Waals surface area contributed by atoms with Crippen LogP contribution in [0.1, 0.15) is 30.4 Å². The first kappa shape index (κ1) is 14.4. The van der Waals surface area contributed by atoms with E-state index in [9.17, 15) is 5.11 Å². The molecule has 19 heavy (non-hydrogen) atoms. The predicted molar refractivity (Wildman–Crippen MR) is 77.7 cm³/mol. The largest absolute Gasteiger partial charge is 0.492 e. The number of piperidine rings is 1. The fraction of sp³-hybridized carbons (Fsp3) is 0.625. The van der Waals surface area contributed by atoms with Crippen LogP contribution >= 0.6 is 0 Å². The number of benzene rings is 1. The van der Waals surface area contributed by atoms with Gasteiger partial charge in [0.2, 0.25) is 0 Å². The summed E-state index contributed by atoms with van der Waals surface area (Å²) in [5.41, 5.74) is 2.47. The number of hydrogen-bond acceptors (Lipinski definition) is 3. The van der Waals surface area contributed by atoms with Gasteiger partial charge in [0.15, 0.2) is 0 Å². The van der Waals surface area contributed by atoms with Crippen LogP contribution in [0.2, 0.25) is 0 Å². The molecule has 1 fully saturated rings. The maximum atomic E-state index is 9.37. The Balaban J connectivity index is 1.82. The molecule has 0 spiro atoms. The van der Waals surface area contributed by atoms with E-state index in [2.05, 4.69) is 36.9 Å². The number of aryl methyl sites for hydroxylation is 2. The van der Waals surface area contributed by atoms with E-state index in [0.29, 0.717) is 12.6 Å². The highest BCUT2D eigenvalue weighted by Gasteiger charge is 2.20. The Hall–Kier alpha value is -1.06. The molecule has 0 amide bonds. The molecule has 0 aromatic heterocycles. The van der Waals surface area contributed by atoms with E-state index in [1.54, 1.807) is 0 Å². The maximum absolute atomic E-state index is 9.37. The lowest BCUT2D eigenvalue weighted by Gasteiger charge is -2.34. The van der Waals surface area contributed by atoms with E-state index in [1.165, 1.54) is 24.0 Å². The molecule has 1 aromatic rings. The summed E-state index contributed by atoms with van der Waals surface area (Å²) in [5, 5.41) is 9.37. The molecular weight excluding hydrogens is 238 g/mol. The van der Waals surface area contributed by atoms with Crippen molar-refractivity contribution in [1.29, 1.82) is 0 Å². The first-order chi connectivity index (χ1) is 9.19. The van der Waals surface area contributed by atoms with E-state index < -0.39 is 0 Å². The van der Waals surface area contributed by atoms with Crippen LogP contribution in [0, 0.1) is 13.8 Å². The highest BCUT2D eigenvalue weighted by atomic mass is 16.5. The fourth-order valence-electron chi connectivity index (χ4n) is 2.86. The summed E-state index contributed by atoms with van der Waals surface area (Å²) in [6, 6.07) is 6.63. The van der Waals surface area contributed by atoms with Crippen LogP contribution < -0.4 is 4.74 Å². The number of likely N-dealkylation sites (tertiary alicyclic amines) is 1. The van der Waals surface area contributed by atoms with Crippen LogP contribution in [0.25, 0.3) is 0 Å². The van der Waals surface area contributed by atoms with Crippen molar-refractivity contribution in [3.8, 4) is 5.75 Å². The molecule has 3 nitrogen and oxygen atoms in total. The summed E-state index contributed by atoms with van der Waals surface area (Å²) in [7, 11) is 0. The molecule has 1 atom stereocenters. The van der Waals surface area contributed by atoms with Gasteiger partial charge in [-0.3, -0.25) is 4.90 Å². The molecule has 1 aliphatic heterocycles. The Bertz CT molecular complexity index is 385. The Morgan fingerprint density at radius 3 is 2.63 bits per heavy atom. The minimum Gasteiger partial charge on any atom is -0.492 e. The molecule has 1 aromatic carbocycles. The average molecular weight is 263 g/mol. The molecule has 0 radical (unpaired) electrons. The Kier molecular flexibility index (Phi) is 5.23.